The fourth-order valence-corrected chi connectivity index (χ4v) is 1.94. The van der Waals surface area contributed by atoms with E-state index in [0.29, 0.717) is 0 Å². The molecule has 2 aromatic heterocycles. The summed E-state index contributed by atoms with van der Waals surface area (Å²) in [5.41, 5.74) is 2.04. The third-order valence-electron chi connectivity index (χ3n) is 2.93. The molecule has 0 amide bonds. The molecule has 0 N–H and O–H groups in total. The minimum atomic E-state index is 0.775. The Morgan fingerprint density at radius 1 is 1.21 bits per heavy atom. The number of methoxy groups -OCH3 is 1. The second kappa shape index (κ2) is 5.02. The van der Waals surface area contributed by atoms with Gasteiger partial charge < -0.3 is 13.7 Å². The predicted molar refractivity (Wildman–Crippen MR) is 72.0 cm³/mol. The molecule has 0 radical (unpaired) electrons. The Balaban J connectivity index is 1.76. The lowest BCUT2D eigenvalue weighted by Crippen LogP contribution is -1.96. The van der Waals surface area contributed by atoms with Crippen LogP contribution in [0.15, 0.2) is 59.6 Å². The molecule has 2 heterocycles. The molecule has 4 heteroatoms. The summed E-state index contributed by atoms with van der Waals surface area (Å²) >= 11 is 0. The van der Waals surface area contributed by atoms with Gasteiger partial charge in [-0.15, -0.1) is 0 Å². The average Bonchev–Trinajstić information content (AvgIpc) is 3.10. The van der Waals surface area contributed by atoms with Crippen molar-refractivity contribution in [2.75, 3.05) is 7.11 Å². The van der Waals surface area contributed by atoms with Crippen LogP contribution in [-0.4, -0.2) is 16.7 Å². The predicted octanol–water partition coefficient (Wildman–Crippen LogP) is 3.20. The van der Waals surface area contributed by atoms with Crippen LogP contribution >= 0.6 is 0 Å². The molecule has 0 atom stereocenters. The second-order valence-corrected chi connectivity index (χ2v) is 4.26. The number of hydrogen-bond donors (Lipinski definition) is 0. The number of rotatable bonds is 4. The Kier molecular flexibility index (Phi) is 3.06. The van der Waals surface area contributed by atoms with Crippen molar-refractivity contribution in [2.45, 2.75) is 6.54 Å². The van der Waals surface area contributed by atoms with Crippen LogP contribution in [0.3, 0.4) is 0 Å². The van der Waals surface area contributed by atoms with Gasteiger partial charge in [-0.25, -0.2) is 4.98 Å². The molecule has 3 aromatic rings. The normalized spacial score (nSPS) is 10.6. The molecule has 0 saturated heterocycles. The van der Waals surface area contributed by atoms with Crippen LogP contribution < -0.4 is 4.74 Å². The maximum absolute atomic E-state index is 5.32. The highest BCUT2D eigenvalue weighted by Gasteiger charge is 2.04. The van der Waals surface area contributed by atoms with Gasteiger partial charge in [0.1, 0.15) is 11.4 Å². The van der Waals surface area contributed by atoms with Crippen molar-refractivity contribution in [1.29, 1.82) is 0 Å². The monoisotopic (exact) mass is 254 g/mol. The molecule has 19 heavy (non-hydrogen) atoms. The van der Waals surface area contributed by atoms with Crippen LogP contribution in [-0.2, 0) is 6.54 Å². The maximum Gasteiger partial charge on any atom is 0.153 e. The van der Waals surface area contributed by atoms with E-state index in [0.717, 1.165) is 23.7 Å². The third kappa shape index (κ3) is 2.52. The van der Waals surface area contributed by atoms with E-state index in [1.54, 1.807) is 13.4 Å². The number of aromatic nitrogens is 2. The lowest BCUT2D eigenvalue weighted by Gasteiger charge is -2.04. The Bertz CT molecular complexity index is 639. The van der Waals surface area contributed by atoms with Crippen molar-refractivity contribution >= 4 is 0 Å². The van der Waals surface area contributed by atoms with Crippen molar-refractivity contribution in [3.8, 4) is 17.2 Å². The summed E-state index contributed by atoms with van der Waals surface area (Å²) in [5.74, 6) is 1.65. The molecule has 4 nitrogen and oxygen atoms in total. The van der Waals surface area contributed by atoms with Crippen LogP contribution in [0.1, 0.15) is 5.56 Å². The van der Waals surface area contributed by atoms with Gasteiger partial charge in [-0.05, 0) is 29.8 Å². The Morgan fingerprint density at radius 2 is 2.05 bits per heavy atom. The van der Waals surface area contributed by atoms with Gasteiger partial charge in [-0.1, -0.05) is 12.1 Å². The van der Waals surface area contributed by atoms with Crippen molar-refractivity contribution in [1.82, 2.24) is 9.55 Å². The highest BCUT2D eigenvalue weighted by Crippen LogP contribution is 2.18. The van der Waals surface area contributed by atoms with E-state index in [2.05, 4.69) is 4.98 Å². The summed E-state index contributed by atoms with van der Waals surface area (Å²) in [6, 6.07) is 11.8. The Morgan fingerprint density at radius 3 is 2.74 bits per heavy atom. The fraction of sp³-hybridized carbons (Fsp3) is 0.133. The molecular formula is C15H14N2O2. The van der Waals surface area contributed by atoms with Gasteiger partial charge in [0.05, 0.1) is 19.7 Å². The highest BCUT2D eigenvalue weighted by atomic mass is 16.5. The summed E-state index contributed by atoms with van der Waals surface area (Å²) in [5, 5.41) is 0. The topological polar surface area (TPSA) is 40.2 Å². The largest absolute Gasteiger partial charge is 0.497 e. The molecule has 1 aromatic carbocycles. The molecule has 0 fully saturated rings. The zero-order valence-corrected chi connectivity index (χ0v) is 10.6. The Labute approximate surface area is 111 Å². The van der Waals surface area contributed by atoms with Gasteiger partial charge in [0.15, 0.2) is 5.76 Å². The maximum atomic E-state index is 5.32. The first-order valence-corrected chi connectivity index (χ1v) is 6.04. The average molecular weight is 254 g/mol. The van der Waals surface area contributed by atoms with Gasteiger partial charge in [-0.3, -0.25) is 0 Å². The van der Waals surface area contributed by atoms with Crippen LogP contribution in [0.25, 0.3) is 11.5 Å². The van der Waals surface area contributed by atoms with Crippen LogP contribution in [0.5, 0.6) is 5.75 Å². The number of ether oxygens (including phenoxy) is 1. The van der Waals surface area contributed by atoms with Crippen molar-refractivity contribution in [3.05, 3.63) is 60.7 Å². The summed E-state index contributed by atoms with van der Waals surface area (Å²) < 4.78 is 12.5. The van der Waals surface area contributed by atoms with E-state index in [1.807, 2.05) is 53.5 Å². The van der Waals surface area contributed by atoms with Crippen molar-refractivity contribution in [2.24, 2.45) is 0 Å². The summed E-state index contributed by atoms with van der Waals surface area (Å²) in [7, 11) is 1.67. The summed E-state index contributed by atoms with van der Waals surface area (Å²) in [6.45, 7) is 0.775. The number of furan rings is 1. The van der Waals surface area contributed by atoms with E-state index < -0.39 is 0 Å². The van der Waals surface area contributed by atoms with E-state index in [-0.39, 0.29) is 0 Å². The van der Waals surface area contributed by atoms with Gasteiger partial charge in [0.2, 0.25) is 0 Å². The van der Waals surface area contributed by atoms with Crippen molar-refractivity contribution < 1.29 is 9.15 Å². The van der Waals surface area contributed by atoms with Crippen molar-refractivity contribution in [3.63, 3.8) is 0 Å². The number of benzene rings is 1. The van der Waals surface area contributed by atoms with Gasteiger partial charge in [0.25, 0.3) is 0 Å². The number of nitrogens with zero attached hydrogens (tertiary/aromatic N) is 2. The molecular weight excluding hydrogens is 240 g/mol. The quantitative estimate of drug-likeness (QED) is 0.717. The Hall–Kier alpha value is -2.49. The van der Waals surface area contributed by atoms with Crippen LogP contribution in [0, 0.1) is 0 Å². The lowest BCUT2D eigenvalue weighted by molar-refractivity contribution is 0.414. The van der Waals surface area contributed by atoms with E-state index in [9.17, 15) is 0 Å². The highest BCUT2D eigenvalue weighted by molar-refractivity contribution is 5.50. The molecule has 3 rings (SSSR count). The van der Waals surface area contributed by atoms with Gasteiger partial charge in [0, 0.05) is 12.7 Å². The van der Waals surface area contributed by atoms with E-state index in [4.69, 9.17) is 9.15 Å². The molecule has 0 aliphatic heterocycles. The number of hydrogen-bond acceptors (Lipinski definition) is 3. The van der Waals surface area contributed by atoms with Crippen LogP contribution in [0.2, 0.25) is 0 Å². The number of imidazole rings is 1. The minimum Gasteiger partial charge on any atom is -0.497 e. The smallest absolute Gasteiger partial charge is 0.153 e. The third-order valence-corrected chi connectivity index (χ3v) is 2.93. The molecule has 96 valence electrons. The summed E-state index contributed by atoms with van der Waals surface area (Å²) in [6.07, 6.45) is 5.43. The summed E-state index contributed by atoms with van der Waals surface area (Å²) in [4.78, 5) is 4.33. The second-order valence-electron chi connectivity index (χ2n) is 4.26. The van der Waals surface area contributed by atoms with Gasteiger partial charge in [-0.2, -0.15) is 0 Å². The lowest BCUT2D eigenvalue weighted by atomic mass is 10.2. The fourth-order valence-electron chi connectivity index (χ4n) is 1.94. The molecule has 0 aliphatic rings. The molecule has 0 spiro atoms. The molecule has 0 aliphatic carbocycles. The SMILES string of the molecule is COc1ccc(Cn2cnc(-c3ccco3)c2)cc1. The van der Waals surface area contributed by atoms with Gasteiger partial charge >= 0.3 is 0 Å². The zero-order valence-electron chi connectivity index (χ0n) is 10.6. The zero-order chi connectivity index (χ0) is 13.1. The first kappa shape index (κ1) is 11.6. The first-order chi connectivity index (χ1) is 9.35. The van der Waals surface area contributed by atoms with E-state index in [1.165, 1.54) is 5.56 Å². The first-order valence-electron chi connectivity index (χ1n) is 6.04. The van der Waals surface area contributed by atoms with E-state index >= 15 is 0 Å². The molecule has 0 bridgehead atoms. The van der Waals surface area contributed by atoms with Crippen LogP contribution in [0.4, 0.5) is 0 Å². The standard InChI is InChI=1S/C15H14N2O2/c1-18-13-6-4-12(5-7-13)9-17-10-14(16-11-17)15-3-2-8-19-15/h2-8,10-11H,9H2,1H3. The minimum absolute atomic E-state index is 0.775. The molecule has 0 saturated carbocycles. The molecule has 0 unspecified atom stereocenters.